The van der Waals surface area contributed by atoms with Crippen LogP contribution in [0.3, 0.4) is 0 Å². The Hall–Kier alpha value is -2.33. The molecule has 2 heterocycles. The summed E-state index contributed by atoms with van der Waals surface area (Å²) in [7, 11) is 0. The molecule has 0 bridgehead atoms. The lowest BCUT2D eigenvalue weighted by Gasteiger charge is -2.28. The Morgan fingerprint density at radius 2 is 1.90 bits per heavy atom. The maximum Gasteiger partial charge on any atom is 0.122 e. The van der Waals surface area contributed by atoms with E-state index in [0.717, 1.165) is 37.7 Å². The van der Waals surface area contributed by atoms with Crippen molar-refractivity contribution in [1.82, 2.24) is 14.5 Å². The van der Waals surface area contributed by atoms with Gasteiger partial charge in [-0.3, -0.25) is 4.90 Å². The van der Waals surface area contributed by atoms with Crippen LogP contribution < -0.4 is 5.73 Å². The quantitative estimate of drug-likeness (QED) is 0.733. The molecule has 106 valence electrons. The molecule has 2 aromatic carbocycles. The van der Waals surface area contributed by atoms with Crippen molar-refractivity contribution in [2.75, 3.05) is 12.3 Å². The highest BCUT2D eigenvalue weighted by atomic mass is 15.2. The lowest BCUT2D eigenvalue weighted by atomic mass is 10.0. The zero-order chi connectivity index (χ0) is 14.2. The van der Waals surface area contributed by atoms with E-state index in [2.05, 4.69) is 51.0 Å². The van der Waals surface area contributed by atoms with E-state index >= 15 is 0 Å². The number of nitrogens with zero attached hydrogens (tertiary/aromatic N) is 3. The van der Waals surface area contributed by atoms with Gasteiger partial charge in [0.2, 0.25) is 0 Å². The van der Waals surface area contributed by atoms with E-state index in [0.29, 0.717) is 0 Å². The number of benzene rings is 2. The third kappa shape index (κ3) is 2.28. The third-order valence-corrected chi connectivity index (χ3v) is 4.23. The average Bonchev–Trinajstić information content (AvgIpc) is 2.95. The molecule has 0 unspecified atom stereocenters. The number of rotatable bonds is 2. The molecule has 0 radical (unpaired) electrons. The fraction of sp³-hybridized carbons (Fsp3) is 0.235. The summed E-state index contributed by atoms with van der Waals surface area (Å²) in [5.41, 5.74) is 8.31. The molecule has 0 saturated carbocycles. The number of fused-ring (bicyclic) bond motifs is 2. The minimum Gasteiger partial charge on any atom is -0.398 e. The Morgan fingerprint density at radius 3 is 2.76 bits per heavy atom. The van der Waals surface area contributed by atoms with Crippen LogP contribution in [0.5, 0.6) is 0 Å². The second-order valence-corrected chi connectivity index (χ2v) is 5.65. The highest BCUT2D eigenvalue weighted by Gasteiger charge is 2.17. The fourth-order valence-corrected chi connectivity index (χ4v) is 3.04. The summed E-state index contributed by atoms with van der Waals surface area (Å²) >= 11 is 0. The van der Waals surface area contributed by atoms with Crippen LogP contribution in [0, 0.1) is 0 Å². The number of aromatic nitrogens is 2. The lowest BCUT2D eigenvalue weighted by Crippen LogP contribution is -2.33. The topological polar surface area (TPSA) is 47.1 Å². The molecule has 0 atom stereocenters. The van der Waals surface area contributed by atoms with Gasteiger partial charge < -0.3 is 10.3 Å². The van der Waals surface area contributed by atoms with E-state index in [4.69, 9.17) is 5.73 Å². The van der Waals surface area contributed by atoms with Gasteiger partial charge in [0.15, 0.2) is 0 Å². The van der Waals surface area contributed by atoms with E-state index in [1.165, 1.54) is 16.3 Å². The largest absolute Gasteiger partial charge is 0.398 e. The van der Waals surface area contributed by atoms with Gasteiger partial charge in [-0.2, -0.15) is 0 Å². The Bertz CT molecular complexity index is 790. The van der Waals surface area contributed by atoms with Gasteiger partial charge in [0.25, 0.3) is 0 Å². The van der Waals surface area contributed by atoms with E-state index in [9.17, 15) is 0 Å². The maximum atomic E-state index is 6.23. The third-order valence-electron chi connectivity index (χ3n) is 4.23. The molecule has 1 aliphatic heterocycles. The maximum absolute atomic E-state index is 6.23. The molecule has 1 aliphatic rings. The molecule has 0 aliphatic carbocycles. The van der Waals surface area contributed by atoms with Gasteiger partial charge in [-0.25, -0.2) is 4.98 Å². The number of hydrogen-bond donors (Lipinski definition) is 1. The molecule has 1 aromatic heterocycles. The molecular weight excluding hydrogens is 260 g/mol. The molecule has 0 fully saturated rings. The van der Waals surface area contributed by atoms with Crippen molar-refractivity contribution >= 4 is 16.5 Å². The highest BCUT2D eigenvalue weighted by Crippen LogP contribution is 2.24. The average molecular weight is 278 g/mol. The van der Waals surface area contributed by atoms with Crippen LogP contribution >= 0.6 is 0 Å². The normalized spacial score (nSPS) is 15.2. The molecular formula is C17H18N4. The van der Waals surface area contributed by atoms with Crippen LogP contribution in [0.15, 0.2) is 48.8 Å². The van der Waals surface area contributed by atoms with Gasteiger partial charge >= 0.3 is 0 Å². The van der Waals surface area contributed by atoms with Gasteiger partial charge in [-0.1, -0.05) is 24.3 Å². The van der Waals surface area contributed by atoms with E-state index in [1.807, 2.05) is 12.3 Å². The van der Waals surface area contributed by atoms with Crippen LogP contribution in [-0.4, -0.2) is 21.0 Å². The first-order valence-corrected chi connectivity index (χ1v) is 7.29. The Balaban J connectivity index is 1.61. The van der Waals surface area contributed by atoms with Crippen molar-refractivity contribution in [3.63, 3.8) is 0 Å². The SMILES string of the molecule is Nc1cc2ccccc2cc1CN1CCn2ccnc2C1. The number of anilines is 1. The van der Waals surface area contributed by atoms with Crippen LogP contribution in [0.2, 0.25) is 0 Å². The van der Waals surface area contributed by atoms with Gasteiger partial charge in [0.05, 0.1) is 6.54 Å². The van der Waals surface area contributed by atoms with Gasteiger partial charge in [-0.05, 0) is 28.5 Å². The summed E-state index contributed by atoms with van der Waals surface area (Å²) in [6.07, 6.45) is 3.93. The first-order valence-electron chi connectivity index (χ1n) is 7.29. The second kappa shape index (κ2) is 4.90. The lowest BCUT2D eigenvalue weighted by molar-refractivity contribution is 0.209. The molecule has 0 amide bonds. The Labute approximate surface area is 123 Å². The summed E-state index contributed by atoms with van der Waals surface area (Å²) in [5, 5.41) is 2.45. The summed E-state index contributed by atoms with van der Waals surface area (Å²) in [5.74, 6) is 1.14. The second-order valence-electron chi connectivity index (χ2n) is 5.65. The molecule has 2 N–H and O–H groups in total. The van der Waals surface area contributed by atoms with Crippen LogP contribution in [0.25, 0.3) is 10.8 Å². The first-order chi connectivity index (χ1) is 10.3. The van der Waals surface area contributed by atoms with Gasteiger partial charge in [0, 0.05) is 37.7 Å². The van der Waals surface area contributed by atoms with E-state index in [1.54, 1.807) is 0 Å². The van der Waals surface area contributed by atoms with Crippen LogP contribution in [-0.2, 0) is 19.6 Å². The summed E-state index contributed by atoms with van der Waals surface area (Å²) in [6.45, 7) is 3.81. The Kier molecular flexibility index (Phi) is 2.89. The van der Waals surface area contributed by atoms with Crippen molar-refractivity contribution in [1.29, 1.82) is 0 Å². The zero-order valence-electron chi connectivity index (χ0n) is 11.9. The minimum absolute atomic E-state index is 0.877. The van der Waals surface area contributed by atoms with E-state index in [-0.39, 0.29) is 0 Å². The van der Waals surface area contributed by atoms with Crippen molar-refractivity contribution in [2.24, 2.45) is 0 Å². The molecule has 3 aromatic rings. The highest BCUT2D eigenvalue weighted by molar-refractivity contribution is 5.86. The summed E-state index contributed by atoms with van der Waals surface area (Å²) in [6, 6.07) is 12.7. The number of nitrogens with two attached hydrogens (primary N) is 1. The standard InChI is InChI=1S/C17H18N4/c18-16-10-14-4-2-1-3-13(14)9-15(16)11-20-7-8-21-6-5-19-17(21)12-20/h1-6,9-10H,7-8,11-12,18H2. The smallest absolute Gasteiger partial charge is 0.122 e. The molecule has 0 spiro atoms. The molecule has 4 heteroatoms. The van der Waals surface area contributed by atoms with Crippen LogP contribution in [0.1, 0.15) is 11.4 Å². The number of imidazole rings is 1. The minimum atomic E-state index is 0.877. The van der Waals surface area contributed by atoms with E-state index < -0.39 is 0 Å². The number of nitrogen functional groups attached to an aromatic ring is 1. The molecule has 0 saturated heterocycles. The molecule has 4 nitrogen and oxygen atoms in total. The number of hydrogen-bond acceptors (Lipinski definition) is 3. The summed E-state index contributed by atoms with van der Waals surface area (Å²) in [4.78, 5) is 6.82. The molecule has 4 rings (SSSR count). The monoisotopic (exact) mass is 278 g/mol. The van der Waals surface area contributed by atoms with Crippen molar-refractivity contribution < 1.29 is 0 Å². The Morgan fingerprint density at radius 1 is 1.10 bits per heavy atom. The van der Waals surface area contributed by atoms with Crippen LogP contribution in [0.4, 0.5) is 5.69 Å². The predicted molar refractivity (Wildman–Crippen MR) is 84.7 cm³/mol. The van der Waals surface area contributed by atoms with Crippen molar-refractivity contribution in [2.45, 2.75) is 19.6 Å². The van der Waals surface area contributed by atoms with Crippen molar-refractivity contribution in [3.05, 3.63) is 60.2 Å². The van der Waals surface area contributed by atoms with Gasteiger partial charge in [-0.15, -0.1) is 0 Å². The van der Waals surface area contributed by atoms with Gasteiger partial charge in [0.1, 0.15) is 5.82 Å². The summed E-state index contributed by atoms with van der Waals surface area (Å²) < 4.78 is 2.22. The first kappa shape index (κ1) is 12.4. The van der Waals surface area contributed by atoms with Crippen molar-refractivity contribution in [3.8, 4) is 0 Å². The zero-order valence-corrected chi connectivity index (χ0v) is 11.9. The fourth-order valence-electron chi connectivity index (χ4n) is 3.04. The predicted octanol–water partition coefficient (Wildman–Crippen LogP) is 2.63. The molecule has 21 heavy (non-hydrogen) atoms.